The molecule has 1 rings (SSSR count). The van der Waals surface area contributed by atoms with Crippen LogP contribution in [0.4, 0.5) is 0 Å². The minimum atomic E-state index is 0. The Kier molecular flexibility index (Phi) is 3.21. The first-order valence-electron chi connectivity index (χ1n) is 2.83. The second-order valence-electron chi connectivity index (χ2n) is 2.11. The van der Waals surface area contributed by atoms with Crippen LogP contribution in [0, 0.1) is 17.2 Å². The fourth-order valence-corrected chi connectivity index (χ4v) is 1.05. The first-order valence-corrected chi connectivity index (χ1v) is 2.83. The average molecular weight is 112 g/mol. The molecule has 0 amide bonds. The van der Waals surface area contributed by atoms with E-state index in [-0.39, 0.29) is 6.15 Å². The Hall–Kier alpha value is -0.550. The smallest absolute Gasteiger partial charge is 0.0655 e. The lowest BCUT2D eigenvalue weighted by Gasteiger charge is -1.87. The van der Waals surface area contributed by atoms with E-state index in [9.17, 15) is 0 Å². The van der Waals surface area contributed by atoms with Crippen molar-refractivity contribution < 1.29 is 0 Å². The molecule has 0 saturated heterocycles. The largest absolute Gasteiger partial charge is 0.344 e. The summed E-state index contributed by atoms with van der Waals surface area (Å²) in [5.74, 6) is 0.403. The van der Waals surface area contributed by atoms with Gasteiger partial charge < -0.3 is 6.15 Å². The van der Waals surface area contributed by atoms with E-state index >= 15 is 0 Å². The molecule has 1 aliphatic carbocycles. The molecule has 3 N–H and O–H groups in total. The first kappa shape index (κ1) is 7.45. The van der Waals surface area contributed by atoms with Gasteiger partial charge in [-0.2, -0.15) is 5.26 Å². The lowest BCUT2D eigenvalue weighted by atomic mass is 10.1. The lowest BCUT2D eigenvalue weighted by Crippen LogP contribution is -1.83. The normalized spacial score (nSPS) is 19.4. The van der Waals surface area contributed by atoms with E-state index in [4.69, 9.17) is 5.26 Å². The van der Waals surface area contributed by atoms with Gasteiger partial charge in [-0.1, -0.05) is 12.8 Å². The standard InChI is InChI=1S/C6H9N.H3N/c7-5-6-3-1-2-4-6;/h6H,1-4H2;1H3. The number of rotatable bonds is 0. The molecule has 1 aliphatic rings. The highest BCUT2D eigenvalue weighted by Gasteiger charge is 2.12. The topological polar surface area (TPSA) is 58.8 Å². The van der Waals surface area contributed by atoms with E-state index in [1.165, 1.54) is 12.8 Å². The molecule has 0 aromatic carbocycles. The fraction of sp³-hybridized carbons (Fsp3) is 0.833. The van der Waals surface area contributed by atoms with Crippen LogP contribution in [0.1, 0.15) is 25.7 Å². The minimum absolute atomic E-state index is 0. The van der Waals surface area contributed by atoms with Gasteiger partial charge in [-0.15, -0.1) is 0 Å². The van der Waals surface area contributed by atoms with Crippen molar-refractivity contribution in [2.75, 3.05) is 0 Å². The molecule has 0 unspecified atom stereocenters. The zero-order valence-electron chi connectivity index (χ0n) is 5.06. The Morgan fingerprint density at radius 3 is 2.00 bits per heavy atom. The average Bonchev–Trinajstić information content (AvgIpc) is 2.14. The summed E-state index contributed by atoms with van der Waals surface area (Å²) in [6.45, 7) is 0. The number of hydrogen-bond acceptors (Lipinski definition) is 2. The van der Waals surface area contributed by atoms with Gasteiger partial charge in [-0.3, -0.25) is 0 Å². The molecule has 0 atom stereocenters. The SMILES string of the molecule is N.N#CC1CCCC1. The van der Waals surface area contributed by atoms with Crippen molar-refractivity contribution >= 4 is 0 Å². The van der Waals surface area contributed by atoms with Gasteiger partial charge in [-0.25, -0.2) is 0 Å². The highest BCUT2D eigenvalue weighted by Crippen LogP contribution is 2.22. The van der Waals surface area contributed by atoms with Crippen LogP contribution >= 0.6 is 0 Å². The van der Waals surface area contributed by atoms with Gasteiger partial charge in [-0.05, 0) is 12.8 Å². The quantitative estimate of drug-likeness (QED) is 0.520. The van der Waals surface area contributed by atoms with Gasteiger partial charge in [0, 0.05) is 5.92 Å². The number of hydrogen-bond donors (Lipinski definition) is 1. The zero-order chi connectivity index (χ0) is 5.11. The highest BCUT2D eigenvalue weighted by molar-refractivity contribution is 4.85. The van der Waals surface area contributed by atoms with Gasteiger partial charge in [0.05, 0.1) is 6.07 Å². The van der Waals surface area contributed by atoms with E-state index in [1.807, 2.05) is 0 Å². The van der Waals surface area contributed by atoms with Crippen molar-refractivity contribution in [2.24, 2.45) is 5.92 Å². The Morgan fingerprint density at radius 2 is 1.75 bits per heavy atom. The predicted molar refractivity (Wildman–Crippen MR) is 32.6 cm³/mol. The fourth-order valence-electron chi connectivity index (χ4n) is 1.05. The molecular formula is C6H12N2. The molecule has 0 heterocycles. The summed E-state index contributed by atoms with van der Waals surface area (Å²) in [6.07, 6.45) is 4.85. The monoisotopic (exact) mass is 112 g/mol. The van der Waals surface area contributed by atoms with Crippen LogP contribution in [0.5, 0.6) is 0 Å². The molecule has 0 radical (unpaired) electrons. The third kappa shape index (κ3) is 1.51. The van der Waals surface area contributed by atoms with Crippen molar-refractivity contribution in [3.05, 3.63) is 0 Å². The van der Waals surface area contributed by atoms with Crippen LogP contribution in [0.25, 0.3) is 0 Å². The molecule has 0 spiro atoms. The molecule has 0 bridgehead atoms. The van der Waals surface area contributed by atoms with Crippen LogP contribution in [0.15, 0.2) is 0 Å². The zero-order valence-corrected chi connectivity index (χ0v) is 5.06. The van der Waals surface area contributed by atoms with Gasteiger partial charge in [0.25, 0.3) is 0 Å². The van der Waals surface area contributed by atoms with Crippen LogP contribution in [0.3, 0.4) is 0 Å². The van der Waals surface area contributed by atoms with Crippen LogP contribution < -0.4 is 6.15 Å². The van der Waals surface area contributed by atoms with Crippen molar-refractivity contribution in [1.29, 1.82) is 5.26 Å². The summed E-state index contributed by atoms with van der Waals surface area (Å²) in [6, 6.07) is 2.26. The van der Waals surface area contributed by atoms with E-state index < -0.39 is 0 Å². The molecular weight excluding hydrogens is 100 g/mol. The van der Waals surface area contributed by atoms with Gasteiger partial charge in [0.2, 0.25) is 0 Å². The van der Waals surface area contributed by atoms with Crippen molar-refractivity contribution in [3.8, 4) is 6.07 Å². The van der Waals surface area contributed by atoms with Crippen LogP contribution in [-0.2, 0) is 0 Å². The van der Waals surface area contributed by atoms with Crippen molar-refractivity contribution in [1.82, 2.24) is 6.15 Å². The van der Waals surface area contributed by atoms with Gasteiger partial charge >= 0.3 is 0 Å². The van der Waals surface area contributed by atoms with Crippen LogP contribution in [0.2, 0.25) is 0 Å². The second kappa shape index (κ2) is 3.45. The molecule has 0 aromatic heterocycles. The highest BCUT2D eigenvalue weighted by atomic mass is 14.3. The Balaban J connectivity index is 0.000000490. The second-order valence-corrected chi connectivity index (χ2v) is 2.11. The minimum Gasteiger partial charge on any atom is -0.344 e. The molecule has 2 nitrogen and oxygen atoms in total. The maximum absolute atomic E-state index is 8.32. The van der Waals surface area contributed by atoms with E-state index in [0.717, 1.165) is 12.8 Å². The van der Waals surface area contributed by atoms with Crippen molar-refractivity contribution in [2.45, 2.75) is 25.7 Å². The number of nitriles is 1. The Bertz CT molecular complexity index is 87.2. The van der Waals surface area contributed by atoms with E-state index in [2.05, 4.69) is 6.07 Å². The molecule has 8 heavy (non-hydrogen) atoms. The maximum atomic E-state index is 8.32. The summed E-state index contributed by atoms with van der Waals surface area (Å²) in [4.78, 5) is 0. The van der Waals surface area contributed by atoms with Gasteiger partial charge in [0.15, 0.2) is 0 Å². The van der Waals surface area contributed by atoms with E-state index in [0.29, 0.717) is 5.92 Å². The number of nitrogens with zero attached hydrogens (tertiary/aromatic N) is 1. The molecule has 0 aromatic rings. The molecule has 1 fully saturated rings. The third-order valence-electron chi connectivity index (χ3n) is 1.54. The third-order valence-corrected chi connectivity index (χ3v) is 1.54. The molecule has 46 valence electrons. The van der Waals surface area contributed by atoms with Crippen molar-refractivity contribution in [3.63, 3.8) is 0 Å². The summed E-state index contributed by atoms with van der Waals surface area (Å²) in [5, 5.41) is 8.32. The first-order chi connectivity index (χ1) is 3.43. The summed E-state index contributed by atoms with van der Waals surface area (Å²) in [5.41, 5.74) is 0. The van der Waals surface area contributed by atoms with E-state index in [1.54, 1.807) is 0 Å². The Labute approximate surface area is 50.1 Å². The van der Waals surface area contributed by atoms with Crippen LogP contribution in [-0.4, -0.2) is 0 Å². The summed E-state index contributed by atoms with van der Waals surface area (Å²) >= 11 is 0. The molecule has 1 saturated carbocycles. The molecule has 2 heteroatoms. The molecule has 0 aliphatic heterocycles. The predicted octanol–water partition coefficient (Wildman–Crippen LogP) is 1.86. The van der Waals surface area contributed by atoms with Gasteiger partial charge in [0.1, 0.15) is 0 Å². The summed E-state index contributed by atoms with van der Waals surface area (Å²) < 4.78 is 0. The lowest BCUT2D eigenvalue weighted by molar-refractivity contribution is 0.701. The Morgan fingerprint density at radius 1 is 1.25 bits per heavy atom. The maximum Gasteiger partial charge on any atom is 0.0655 e. The summed E-state index contributed by atoms with van der Waals surface area (Å²) in [7, 11) is 0.